The van der Waals surface area contributed by atoms with Crippen molar-refractivity contribution in [2.24, 2.45) is 0 Å². The van der Waals surface area contributed by atoms with Crippen LogP contribution in [0.4, 0.5) is 5.69 Å². The quantitative estimate of drug-likeness (QED) is 0.928. The lowest BCUT2D eigenvalue weighted by Crippen LogP contribution is -2.43. The maximum Gasteiger partial charge on any atom is 0.303 e. The van der Waals surface area contributed by atoms with E-state index in [4.69, 9.17) is 21.4 Å². The first-order chi connectivity index (χ1) is 9.51. The van der Waals surface area contributed by atoms with Gasteiger partial charge in [0.25, 0.3) is 0 Å². The molecular formula is C14H16ClNO4. The number of hydrogen-bond acceptors (Lipinski definition) is 3. The summed E-state index contributed by atoms with van der Waals surface area (Å²) in [4.78, 5) is 24.4. The van der Waals surface area contributed by atoms with Crippen molar-refractivity contribution in [3.63, 3.8) is 0 Å². The first-order valence-electron chi connectivity index (χ1n) is 6.49. The Labute approximate surface area is 122 Å². The fourth-order valence-electron chi connectivity index (χ4n) is 2.12. The number of carbonyl (C=O) groups excluding carboxylic acids is 1. The van der Waals surface area contributed by atoms with Crippen molar-refractivity contribution < 1.29 is 19.4 Å². The molecule has 20 heavy (non-hydrogen) atoms. The van der Waals surface area contributed by atoms with E-state index in [1.54, 1.807) is 23.1 Å². The van der Waals surface area contributed by atoms with Crippen LogP contribution >= 0.6 is 11.6 Å². The van der Waals surface area contributed by atoms with Gasteiger partial charge in [-0.1, -0.05) is 18.5 Å². The number of benzene rings is 1. The van der Waals surface area contributed by atoms with Crippen LogP contribution in [0.15, 0.2) is 18.2 Å². The van der Waals surface area contributed by atoms with E-state index < -0.39 is 5.97 Å². The highest BCUT2D eigenvalue weighted by atomic mass is 35.5. The highest BCUT2D eigenvalue weighted by Crippen LogP contribution is 2.36. The van der Waals surface area contributed by atoms with Gasteiger partial charge in [-0.15, -0.1) is 0 Å². The summed E-state index contributed by atoms with van der Waals surface area (Å²) in [5.41, 5.74) is 0.609. The Bertz CT molecular complexity index is 532. The predicted octanol–water partition coefficient (Wildman–Crippen LogP) is 2.71. The SMILES string of the molecule is CCC1CN(C(=O)CCC(=O)O)c2cc(Cl)ccc2O1. The molecule has 6 heteroatoms. The van der Waals surface area contributed by atoms with Crippen LogP contribution in [-0.4, -0.2) is 29.6 Å². The Hall–Kier alpha value is -1.75. The fraction of sp³-hybridized carbons (Fsp3) is 0.429. The van der Waals surface area contributed by atoms with Gasteiger partial charge in [-0.2, -0.15) is 0 Å². The number of ether oxygens (including phenoxy) is 1. The smallest absolute Gasteiger partial charge is 0.303 e. The van der Waals surface area contributed by atoms with Crippen LogP contribution in [0.3, 0.4) is 0 Å². The van der Waals surface area contributed by atoms with Crippen molar-refractivity contribution in [1.29, 1.82) is 0 Å². The maximum atomic E-state index is 12.2. The fourth-order valence-corrected chi connectivity index (χ4v) is 2.28. The van der Waals surface area contributed by atoms with E-state index in [0.29, 0.717) is 23.0 Å². The van der Waals surface area contributed by atoms with Crippen molar-refractivity contribution in [2.45, 2.75) is 32.3 Å². The van der Waals surface area contributed by atoms with Crippen molar-refractivity contribution in [1.82, 2.24) is 0 Å². The zero-order valence-corrected chi connectivity index (χ0v) is 11.9. The highest BCUT2D eigenvalue weighted by Gasteiger charge is 2.29. The maximum absolute atomic E-state index is 12.2. The molecule has 5 nitrogen and oxygen atoms in total. The number of amides is 1. The minimum absolute atomic E-state index is 0.0300. The molecule has 0 fully saturated rings. The summed E-state index contributed by atoms with van der Waals surface area (Å²) < 4.78 is 5.77. The second-order valence-electron chi connectivity index (χ2n) is 4.66. The van der Waals surface area contributed by atoms with Crippen LogP contribution in [0.5, 0.6) is 5.75 Å². The minimum atomic E-state index is -0.982. The van der Waals surface area contributed by atoms with E-state index >= 15 is 0 Å². The van der Waals surface area contributed by atoms with Gasteiger partial charge in [-0.25, -0.2) is 0 Å². The molecule has 2 rings (SSSR count). The third-order valence-corrected chi connectivity index (χ3v) is 3.44. The molecule has 0 aromatic heterocycles. The molecule has 0 saturated carbocycles. The number of carbonyl (C=O) groups is 2. The third kappa shape index (κ3) is 3.22. The molecule has 0 aliphatic carbocycles. The molecule has 1 heterocycles. The summed E-state index contributed by atoms with van der Waals surface area (Å²) in [7, 11) is 0. The van der Waals surface area contributed by atoms with Gasteiger partial charge < -0.3 is 14.7 Å². The topological polar surface area (TPSA) is 66.8 Å². The summed E-state index contributed by atoms with van der Waals surface area (Å²) >= 11 is 5.96. The summed E-state index contributed by atoms with van der Waals surface area (Å²) in [6.07, 6.45) is 0.475. The molecule has 1 aliphatic rings. The van der Waals surface area contributed by atoms with E-state index in [1.165, 1.54) is 0 Å². The van der Waals surface area contributed by atoms with Crippen molar-refractivity contribution >= 4 is 29.2 Å². The number of nitrogens with zero attached hydrogens (tertiary/aromatic N) is 1. The second kappa shape index (κ2) is 6.13. The molecule has 108 valence electrons. The normalized spacial score (nSPS) is 17.3. The van der Waals surface area contributed by atoms with Crippen LogP contribution in [0, 0.1) is 0 Å². The Morgan fingerprint density at radius 3 is 2.85 bits per heavy atom. The molecule has 1 aromatic rings. The van der Waals surface area contributed by atoms with Gasteiger partial charge in [0.2, 0.25) is 5.91 Å². The molecule has 1 aromatic carbocycles. The lowest BCUT2D eigenvalue weighted by Gasteiger charge is -2.34. The number of carboxylic acids is 1. The number of fused-ring (bicyclic) bond motifs is 1. The molecule has 1 N–H and O–H groups in total. The third-order valence-electron chi connectivity index (χ3n) is 3.20. The summed E-state index contributed by atoms with van der Waals surface area (Å²) in [6.45, 7) is 2.40. The molecule has 1 aliphatic heterocycles. The first-order valence-corrected chi connectivity index (χ1v) is 6.87. The zero-order chi connectivity index (χ0) is 14.7. The average molecular weight is 298 g/mol. The summed E-state index contributed by atoms with van der Waals surface area (Å²) in [5.74, 6) is -0.598. The van der Waals surface area contributed by atoms with Crippen molar-refractivity contribution in [2.75, 3.05) is 11.4 Å². The number of halogens is 1. The number of aliphatic carboxylic acids is 1. The lowest BCUT2D eigenvalue weighted by molar-refractivity contribution is -0.138. The van der Waals surface area contributed by atoms with Crippen LogP contribution < -0.4 is 9.64 Å². The molecule has 0 spiro atoms. The largest absolute Gasteiger partial charge is 0.486 e. The van der Waals surface area contributed by atoms with Gasteiger partial charge in [0.15, 0.2) is 0 Å². The van der Waals surface area contributed by atoms with Gasteiger partial charge >= 0.3 is 5.97 Å². The van der Waals surface area contributed by atoms with Crippen LogP contribution in [-0.2, 0) is 9.59 Å². The number of rotatable bonds is 4. The van der Waals surface area contributed by atoms with E-state index in [0.717, 1.165) is 6.42 Å². The molecule has 1 unspecified atom stereocenters. The van der Waals surface area contributed by atoms with Crippen molar-refractivity contribution in [3.05, 3.63) is 23.2 Å². The van der Waals surface area contributed by atoms with E-state index in [1.807, 2.05) is 6.92 Å². The molecular weight excluding hydrogens is 282 g/mol. The van der Waals surface area contributed by atoms with Crippen molar-refractivity contribution in [3.8, 4) is 5.75 Å². The van der Waals surface area contributed by atoms with Gasteiger partial charge in [0, 0.05) is 11.4 Å². The monoisotopic (exact) mass is 297 g/mol. The molecule has 0 saturated heterocycles. The highest BCUT2D eigenvalue weighted by molar-refractivity contribution is 6.31. The van der Waals surface area contributed by atoms with Crippen LogP contribution in [0.1, 0.15) is 26.2 Å². The van der Waals surface area contributed by atoms with Crippen LogP contribution in [0.2, 0.25) is 5.02 Å². The average Bonchev–Trinajstić information content (AvgIpc) is 2.43. The summed E-state index contributed by atoms with van der Waals surface area (Å²) in [5, 5.41) is 9.19. The first kappa shape index (κ1) is 14.7. The van der Waals surface area contributed by atoms with Crippen LogP contribution in [0.25, 0.3) is 0 Å². The number of carboxylic acid groups (broad SMARTS) is 1. The predicted molar refractivity (Wildman–Crippen MR) is 75.4 cm³/mol. The molecule has 0 bridgehead atoms. The Balaban J connectivity index is 2.25. The van der Waals surface area contributed by atoms with Gasteiger partial charge in [0.05, 0.1) is 18.7 Å². The molecule has 0 radical (unpaired) electrons. The minimum Gasteiger partial charge on any atom is -0.486 e. The van der Waals surface area contributed by atoms with E-state index in [9.17, 15) is 9.59 Å². The zero-order valence-electron chi connectivity index (χ0n) is 11.1. The Kier molecular flexibility index (Phi) is 4.49. The van der Waals surface area contributed by atoms with E-state index in [-0.39, 0.29) is 24.9 Å². The van der Waals surface area contributed by atoms with Gasteiger partial charge in [-0.3, -0.25) is 9.59 Å². The number of hydrogen-bond donors (Lipinski definition) is 1. The van der Waals surface area contributed by atoms with Gasteiger partial charge in [0.1, 0.15) is 11.9 Å². The van der Waals surface area contributed by atoms with Gasteiger partial charge in [-0.05, 0) is 24.6 Å². The lowest BCUT2D eigenvalue weighted by atomic mass is 10.1. The van der Waals surface area contributed by atoms with E-state index in [2.05, 4.69) is 0 Å². The second-order valence-corrected chi connectivity index (χ2v) is 5.09. The molecule has 1 amide bonds. The standard InChI is InChI=1S/C14H16ClNO4/c1-2-10-8-16(13(17)5-6-14(18)19)11-7-9(15)3-4-12(11)20-10/h3-4,7,10H,2,5-6,8H2,1H3,(H,18,19). The molecule has 1 atom stereocenters. The Morgan fingerprint density at radius 1 is 1.45 bits per heavy atom. The Morgan fingerprint density at radius 2 is 2.20 bits per heavy atom. The number of anilines is 1. The summed E-state index contributed by atoms with van der Waals surface area (Å²) in [6, 6.07) is 5.11.